The third-order valence-electron chi connectivity index (χ3n) is 2.00. The Labute approximate surface area is 82.2 Å². The predicted molar refractivity (Wildman–Crippen MR) is 50.7 cm³/mol. The number of aromatic nitrogens is 1. The molecule has 0 amide bonds. The Hall–Kier alpha value is -1.42. The summed E-state index contributed by atoms with van der Waals surface area (Å²) < 4.78 is 0. The molecule has 2 N–H and O–H groups in total. The van der Waals surface area contributed by atoms with E-state index in [1.165, 1.54) is 0 Å². The predicted octanol–water partition coefficient (Wildman–Crippen LogP) is 0.837. The highest BCUT2D eigenvalue weighted by Gasteiger charge is 2.12. The van der Waals surface area contributed by atoms with Crippen LogP contribution in [0.2, 0.25) is 0 Å². The van der Waals surface area contributed by atoms with E-state index < -0.39 is 11.9 Å². The van der Waals surface area contributed by atoms with Gasteiger partial charge in [0.1, 0.15) is 0 Å². The van der Waals surface area contributed by atoms with Crippen LogP contribution >= 0.6 is 0 Å². The van der Waals surface area contributed by atoms with Crippen LogP contribution in [0.15, 0.2) is 18.3 Å². The Balaban J connectivity index is 2.71. The minimum atomic E-state index is -0.832. The lowest BCUT2D eigenvalue weighted by Gasteiger charge is -2.05. The zero-order valence-corrected chi connectivity index (χ0v) is 7.97. The summed E-state index contributed by atoms with van der Waals surface area (Å²) in [6.45, 7) is 1.59. The first-order valence-electron chi connectivity index (χ1n) is 4.41. The van der Waals surface area contributed by atoms with Gasteiger partial charge in [0.2, 0.25) is 0 Å². The van der Waals surface area contributed by atoms with Crippen molar-refractivity contribution in [1.29, 1.82) is 0 Å². The molecule has 0 saturated heterocycles. The molecule has 76 valence electrons. The molecule has 1 heterocycles. The summed E-state index contributed by atoms with van der Waals surface area (Å²) in [4.78, 5) is 14.6. The van der Waals surface area contributed by atoms with Gasteiger partial charge in [-0.2, -0.15) is 0 Å². The Kier molecular flexibility index (Phi) is 3.59. The number of carboxylic acid groups (broad SMARTS) is 1. The number of aliphatic hydroxyl groups excluding tert-OH is 1. The third-order valence-corrected chi connectivity index (χ3v) is 2.00. The molecule has 0 saturated carbocycles. The van der Waals surface area contributed by atoms with Gasteiger partial charge in [0, 0.05) is 18.3 Å². The zero-order valence-electron chi connectivity index (χ0n) is 7.97. The minimum absolute atomic E-state index is 0.0447. The van der Waals surface area contributed by atoms with Gasteiger partial charge in [-0.05, 0) is 17.7 Å². The van der Waals surface area contributed by atoms with E-state index >= 15 is 0 Å². The summed E-state index contributed by atoms with van der Waals surface area (Å²) in [6.07, 6.45) is 1.97. The maximum Gasteiger partial charge on any atom is 0.306 e. The third kappa shape index (κ3) is 2.81. The second kappa shape index (κ2) is 4.72. The first kappa shape index (κ1) is 10.7. The maximum atomic E-state index is 10.6. The van der Waals surface area contributed by atoms with Crippen LogP contribution in [0.5, 0.6) is 0 Å². The monoisotopic (exact) mass is 195 g/mol. The highest BCUT2D eigenvalue weighted by Crippen LogP contribution is 2.08. The molecule has 0 spiro atoms. The Morgan fingerprint density at radius 1 is 1.64 bits per heavy atom. The first-order chi connectivity index (χ1) is 6.63. The van der Waals surface area contributed by atoms with E-state index in [2.05, 4.69) is 4.98 Å². The lowest BCUT2D eigenvalue weighted by atomic mass is 10.0. The van der Waals surface area contributed by atoms with E-state index in [1.54, 1.807) is 25.3 Å². The number of rotatable bonds is 4. The molecular formula is C10H13NO3. The quantitative estimate of drug-likeness (QED) is 0.746. The summed E-state index contributed by atoms with van der Waals surface area (Å²) >= 11 is 0. The number of hydrogen-bond acceptors (Lipinski definition) is 3. The highest BCUT2D eigenvalue weighted by atomic mass is 16.4. The SMILES string of the molecule is C[C@@H](Cc1cc(CO)ccn1)C(=O)O. The van der Waals surface area contributed by atoms with Gasteiger partial charge in [0.05, 0.1) is 12.5 Å². The van der Waals surface area contributed by atoms with Crippen molar-refractivity contribution >= 4 is 5.97 Å². The number of hydrogen-bond donors (Lipinski definition) is 2. The number of pyridine rings is 1. The zero-order chi connectivity index (χ0) is 10.6. The normalized spacial score (nSPS) is 12.4. The van der Waals surface area contributed by atoms with Crippen molar-refractivity contribution in [3.63, 3.8) is 0 Å². The van der Waals surface area contributed by atoms with Gasteiger partial charge in [-0.3, -0.25) is 9.78 Å². The van der Waals surface area contributed by atoms with Crippen molar-refractivity contribution in [3.05, 3.63) is 29.6 Å². The molecule has 0 aliphatic rings. The highest BCUT2D eigenvalue weighted by molar-refractivity contribution is 5.69. The number of carboxylic acids is 1. The first-order valence-corrected chi connectivity index (χ1v) is 4.41. The molecule has 0 aliphatic heterocycles. The van der Waals surface area contributed by atoms with Gasteiger partial charge in [-0.1, -0.05) is 6.92 Å². The van der Waals surface area contributed by atoms with Gasteiger partial charge in [-0.25, -0.2) is 0 Å². The molecule has 0 radical (unpaired) electrons. The summed E-state index contributed by atoms with van der Waals surface area (Å²) in [5, 5.41) is 17.6. The maximum absolute atomic E-state index is 10.6. The van der Waals surface area contributed by atoms with Crippen LogP contribution in [0, 0.1) is 5.92 Å². The number of aliphatic carboxylic acids is 1. The van der Waals surface area contributed by atoms with Crippen LogP contribution in [-0.2, 0) is 17.8 Å². The van der Waals surface area contributed by atoms with Crippen molar-refractivity contribution in [2.75, 3.05) is 0 Å². The Morgan fingerprint density at radius 3 is 2.93 bits per heavy atom. The molecule has 14 heavy (non-hydrogen) atoms. The van der Waals surface area contributed by atoms with Gasteiger partial charge in [0.15, 0.2) is 0 Å². The number of carbonyl (C=O) groups is 1. The summed E-state index contributed by atoms with van der Waals surface area (Å²) in [5.74, 6) is -1.28. The minimum Gasteiger partial charge on any atom is -0.481 e. The molecule has 0 bridgehead atoms. The molecule has 1 aromatic rings. The van der Waals surface area contributed by atoms with Crippen LogP contribution in [0.4, 0.5) is 0 Å². The van der Waals surface area contributed by atoms with Gasteiger partial charge >= 0.3 is 5.97 Å². The van der Waals surface area contributed by atoms with Crippen molar-refractivity contribution in [2.45, 2.75) is 20.0 Å². The largest absolute Gasteiger partial charge is 0.481 e. The van der Waals surface area contributed by atoms with Gasteiger partial charge in [-0.15, -0.1) is 0 Å². The van der Waals surface area contributed by atoms with Crippen molar-refractivity contribution in [2.24, 2.45) is 5.92 Å². The number of aliphatic hydroxyl groups is 1. The summed E-state index contributed by atoms with van der Waals surface area (Å²) in [7, 11) is 0. The summed E-state index contributed by atoms with van der Waals surface area (Å²) in [6, 6.07) is 3.42. The molecule has 1 aromatic heterocycles. The van der Waals surface area contributed by atoms with Crippen LogP contribution in [0.3, 0.4) is 0 Å². The lowest BCUT2D eigenvalue weighted by Crippen LogP contribution is -2.13. The van der Waals surface area contributed by atoms with Crippen LogP contribution < -0.4 is 0 Å². The Morgan fingerprint density at radius 2 is 2.36 bits per heavy atom. The molecule has 1 atom stereocenters. The smallest absolute Gasteiger partial charge is 0.306 e. The van der Waals surface area contributed by atoms with E-state index in [9.17, 15) is 4.79 Å². The van der Waals surface area contributed by atoms with Crippen molar-refractivity contribution in [1.82, 2.24) is 4.98 Å². The van der Waals surface area contributed by atoms with Gasteiger partial charge in [0.25, 0.3) is 0 Å². The molecule has 0 fully saturated rings. The van der Waals surface area contributed by atoms with Crippen LogP contribution in [0.1, 0.15) is 18.2 Å². The second-order valence-corrected chi connectivity index (χ2v) is 3.26. The molecule has 0 aliphatic carbocycles. The van der Waals surface area contributed by atoms with Gasteiger partial charge < -0.3 is 10.2 Å². The lowest BCUT2D eigenvalue weighted by molar-refractivity contribution is -0.141. The second-order valence-electron chi connectivity index (χ2n) is 3.26. The molecule has 1 rings (SSSR count). The van der Waals surface area contributed by atoms with Crippen LogP contribution in [0.25, 0.3) is 0 Å². The van der Waals surface area contributed by atoms with Crippen LogP contribution in [-0.4, -0.2) is 21.2 Å². The molecule has 4 nitrogen and oxygen atoms in total. The van der Waals surface area contributed by atoms with Crippen molar-refractivity contribution in [3.8, 4) is 0 Å². The van der Waals surface area contributed by atoms with E-state index in [1.807, 2.05) is 0 Å². The van der Waals surface area contributed by atoms with E-state index in [0.717, 1.165) is 5.56 Å². The fourth-order valence-electron chi connectivity index (χ4n) is 1.14. The molecule has 0 aromatic carbocycles. The molecule has 0 unspecified atom stereocenters. The van der Waals surface area contributed by atoms with E-state index in [-0.39, 0.29) is 6.61 Å². The number of nitrogens with zero attached hydrogens (tertiary/aromatic N) is 1. The fourth-order valence-corrected chi connectivity index (χ4v) is 1.14. The van der Waals surface area contributed by atoms with Crippen molar-refractivity contribution < 1.29 is 15.0 Å². The summed E-state index contributed by atoms with van der Waals surface area (Å²) in [5.41, 5.74) is 1.46. The molecule has 4 heteroatoms. The Bertz CT molecular complexity index is 325. The topological polar surface area (TPSA) is 70.4 Å². The van der Waals surface area contributed by atoms with E-state index in [0.29, 0.717) is 12.1 Å². The fraction of sp³-hybridized carbons (Fsp3) is 0.400. The average molecular weight is 195 g/mol. The van der Waals surface area contributed by atoms with E-state index in [4.69, 9.17) is 10.2 Å². The standard InChI is InChI=1S/C10H13NO3/c1-7(10(13)14)4-9-5-8(6-12)2-3-11-9/h2-3,5,7,12H,4,6H2,1H3,(H,13,14)/t7-/m0/s1. The average Bonchev–Trinajstić information content (AvgIpc) is 2.18. The molecular weight excluding hydrogens is 182 g/mol.